The summed E-state index contributed by atoms with van der Waals surface area (Å²) in [5, 5.41) is 4.57. The molecule has 0 unspecified atom stereocenters. The number of carbonyl (C=O) groups is 2. The zero-order valence-electron chi connectivity index (χ0n) is 19.6. The van der Waals surface area contributed by atoms with E-state index in [-0.39, 0.29) is 29.7 Å². The lowest BCUT2D eigenvalue weighted by Gasteiger charge is -2.42. The molecule has 1 aliphatic carbocycles. The monoisotopic (exact) mass is 447 g/mol. The lowest BCUT2D eigenvalue weighted by atomic mass is 9.70. The predicted octanol–water partition coefficient (Wildman–Crippen LogP) is 3.56. The normalized spacial score (nSPS) is 25.7. The molecule has 0 N–H and O–H groups in total. The second-order valence-corrected chi connectivity index (χ2v) is 10.1. The largest absolute Gasteiger partial charge is 0.341 e. The third-order valence-corrected chi connectivity index (χ3v) is 7.62. The van der Waals surface area contributed by atoms with Crippen molar-refractivity contribution in [1.29, 1.82) is 0 Å². The van der Waals surface area contributed by atoms with E-state index in [0.717, 1.165) is 43.5 Å². The van der Waals surface area contributed by atoms with Gasteiger partial charge in [-0.25, -0.2) is 0 Å². The van der Waals surface area contributed by atoms with Crippen LogP contribution in [0.5, 0.6) is 0 Å². The molecular formula is C26H33N5O2. The summed E-state index contributed by atoms with van der Waals surface area (Å²) in [5.41, 5.74) is 1.51. The predicted molar refractivity (Wildman–Crippen MR) is 125 cm³/mol. The third kappa shape index (κ3) is 3.87. The van der Waals surface area contributed by atoms with E-state index in [0.29, 0.717) is 19.6 Å². The van der Waals surface area contributed by atoms with Crippen LogP contribution < -0.4 is 0 Å². The lowest BCUT2D eigenvalue weighted by Crippen LogP contribution is -2.52. The summed E-state index contributed by atoms with van der Waals surface area (Å²) in [7, 11) is 0. The SMILES string of the molecule is CC(C)n1nccc1[C@@H]1CN(C(=O)C2CC=CC2)C[C@]12CCCN(Cc1cccnc1)C2=O. The fourth-order valence-corrected chi connectivity index (χ4v) is 6.01. The Morgan fingerprint density at radius 1 is 1.21 bits per heavy atom. The molecule has 0 bridgehead atoms. The maximum atomic E-state index is 14.2. The summed E-state index contributed by atoms with van der Waals surface area (Å²) in [6.07, 6.45) is 13.0. The molecule has 4 heterocycles. The van der Waals surface area contributed by atoms with Crippen molar-refractivity contribution in [3.8, 4) is 0 Å². The van der Waals surface area contributed by atoms with Crippen molar-refractivity contribution < 1.29 is 9.59 Å². The Balaban J connectivity index is 1.49. The first-order chi connectivity index (χ1) is 16.0. The number of nitrogens with zero attached hydrogens (tertiary/aromatic N) is 5. The number of pyridine rings is 1. The molecule has 0 radical (unpaired) electrons. The molecule has 2 amide bonds. The van der Waals surface area contributed by atoms with E-state index < -0.39 is 5.41 Å². The summed E-state index contributed by atoms with van der Waals surface area (Å²) in [6.45, 7) is 6.61. The van der Waals surface area contributed by atoms with Gasteiger partial charge in [-0.1, -0.05) is 18.2 Å². The van der Waals surface area contributed by atoms with E-state index in [2.05, 4.69) is 36.1 Å². The smallest absolute Gasteiger partial charge is 0.231 e. The highest BCUT2D eigenvalue weighted by Crippen LogP contribution is 2.50. The molecule has 1 spiro atoms. The summed E-state index contributed by atoms with van der Waals surface area (Å²) < 4.78 is 2.03. The van der Waals surface area contributed by atoms with Gasteiger partial charge in [0.2, 0.25) is 11.8 Å². The molecule has 3 aliphatic rings. The van der Waals surface area contributed by atoms with Crippen LogP contribution in [-0.2, 0) is 16.1 Å². The highest BCUT2D eigenvalue weighted by atomic mass is 16.2. The number of likely N-dealkylation sites (tertiary alicyclic amines) is 2. The molecule has 2 atom stereocenters. The van der Waals surface area contributed by atoms with Gasteiger partial charge in [-0.3, -0.25) is 19.3 Å². The van der Waals surface area contributed by atoms with Crippen molar-refractivity contribution in [2.24, 2.45) is 11.3 Å². The minimum absolute atomic E-state index is 0.0148. The molecule has 7 heteroatoms. The molecule has 7 nitrogen and oxygen atoms in total. The van der Waals surface area contributed by atoms with Crippen LogP contribution in [0, 0.1) is 11.3 Å². The zero-order chi connectivity index (χ0) is 23.0. The Morgan fingerprint density at radius 2 is 2.03 bits per heavy atom. The average molecular weight is 448 g/mol. The van der Waals surface area contributed by atoms with E-state index >= 15 is 0 Å². The van der Waals surface area contributed by atoms with Gasteiger partial charge in [0.15, 0.2) is 0 Å². The van der Waals surface area contributed by atoms with Gasteiger partial charge in [-0.05, 0) is 57.2 Å². The van der Waals surface area contributed by atoms with Crippen LogP contribution >= 0.6 is 0 Å². The zero-order valence-corrected chi connectivity index (χ0v) is 19.6. The maximum absolute atomic E-state index is 14.2. The summed E-state index contributed by atoms with van der Waals surface area (Å²) in [6, 6.07) is 6.17. The fourth-order valence-electron chi connectivity index (χ4n) is 6.01. The minimum Gasteiger partial charge on any atom is -0.341 e. The van der Waals surface area contributed by atoms with E-state index in [1.807, 2.05) is 45.1 Å². The third-order valence-electron chi connectivity index (χ3n) is 7.62. The quantitative estimate of drug-likeness (QED) is 0.657. The summed E-state index contributed by atoms with van der Waals surface area (Å²) in [4.78, 5) is 35.8. The Morgan fingerprint density at radius 3 is 2.76 bits per heavy atom. The molecule has 2 aromatic heterocycles. The van der Waals surface area contributed by atoms with Crippen LogP contribution in [0.1, 0.15) is 62.7 Å². The Kier molecular flexibility index (Phi) is 5.81. The van der Waals surface area contributed by atoms with Gasteiger partial charge in [-0.15, -0.1) is 0 Å². The Labute approximate surface area is 195 Å². The second kappa shape index (κ2) is 8.76. The minimum atomic E-state index is -0.602. The molecule has 33 heavy (non-hydrogen) atoms. The summed E-state index contributed by atoms with van der Waals surface area (Å²) >= 11 is 0. The number of hydrogen-bond acceptors (Lipinski definition) is 4. The first-order valence-electron chi connectivity index (χ1n) is 12.1. The number of aromatic nitrogens is 3. The molecule has 2 saturated heterocycles. The number of carbonyl (C=O) groups excluding carboxylic acids is 2. The Bertz CT molecular complexity index is 1040. The van der Waals surface area contributed by atoms with Crippen LogP contribution in [0.25, 0.3) is 0 Å². The number of hydrogen-bond donors (Lipinski definition) is 0. The van der Waals surface area contributed by atoms with E-state index in [1.54, 1.807) is 6.20 Å². The van der Waals surface area contributed by atoms with Crippen LogP contribution in [0.4, 0.5) is 0 Å². The van der Waals surface area contributed by atoms with Crippen molar-refractivity contribution in [2.45, 2.75) is 58.0 Å². The average Bonchev–Trinajstić information content (AvgIpc) is 3.57. The Hall–Kier alpha value is -2.96. The van der Waals surface area contributed by atoms with Crippen molar-refractivity contribution in [1.82, 2.24) is 24.6 Å². The topological polar surface area (TPSA) is 71.3 Å². The van der Waals surface area contributed by atoms with Crippen molar-refractivity contribution in [2.75, 3.05) is 19.6 Å². The van der Waals surface area contributed by atoms with Crippen molar-refractivity contribution >= 4 is 11.8 Å². The van der Waals surface area contributed by atoms with Gasteiger partial charge in [0, 0.05) is 68.3 Å². The highest BCUT2D eigenvalue weighted by molar-refractivity contribution is 5.88. The van der Waals surface area contributed by atoms with Gasteiger partial charge in [0.05, 0.1) is 5.41 Å². The summed E-state index contributed by atoms with van der Waals surface area (Å²) in [5.74, 6) is 0.319. The van der Waals surface area contributed by atoms with Gasteiger partial charge in [0.25, 0.3) is 0 Å². The molecule has 2 aromatic rings. The molecule has 2 aliphatic heterocycles. The molecule has 5 rings (SSSR count). The molecule has 174 valence electrons. The van der Waals surface area contributed by atoms with Gasteiger partial charge >= 0.3 is 0 Å². The second-order valence-electron chi connectivity index (χ2n) is 10.1. The number of piperidine rings is 1. The molecule has 2 fully saturated rings. The number of allylic oxidation sites excluding steroid dienone is 2. The molecule has 0 saturated carbocycles. The van der Waals surface area contributed by atoms with Crippen molar-refractivity contribution in [3.05, 3.63) is 60.2 Å². The number of amides is 2. The van der Waals surface area contributed by atoms with Gasteiger partial charge < -0.3 is 9.80 Å². The first kappa shape index (κ1) is 21.9. The first-order valence-corrected chi connectivity index (χ1v) is 12.1. The molecular weight excluding hydrogens is 414 g/mol. The van der Waals surface area contributed by atoms with Crippen LogP contribution in [0.2, 0.25) is 0 Å². The van der Waals surface area contributed by atoms with Crippen LogP contribution in [0.15, 0.2) is 48.9 Å². The van der Waals surface area contributed by atoms with E-state index in [1.165, 1.54) is 0 Å². The van der Waals surface area contributed by atoms with Gasteiger partial charge in [0.1, 0.15) is 0 Å². The lowest BCUT2D eigenvalue weighted by molar-refractivity contribution is -0.148. The highest BCUT2D eigenvalue weighted by Gasteiger charge is 2.57. The fraction of sp³-hybridized carbons (Fsp3) is 0.538. The standard InChI is InChI=1S/C26H33N5O2/c1-19(2)31-23(10-13-28-31)22-17-30(24(32)21-8-3-4-9-21)18-26(22)11-6-14-29(25(26)33)16-20-7-5-12-27-15-20/h3-5,7,10,12-13,15,19,21-22H,6,8-9,11,14,16-18H2,1-2H3/t22-,26+/m0/s1. The van der Waals surface area contributed by atoms with Crippen molar-refractivity contribution in [3.63, 3.8) is 0 Å². The maximum Gasteiger partial charge on any atom is 0.231 e. The van der Waals surface area contributed by atoms with Gasteiger partial charge in [-0.2, -0.15) is 5.10 Å². The van der Waals surface area contributed by atoms with Crippen LogP contribution in [-0.4, -0.2) is 56.0 Å². The van der Waals surface area contributed by atoms with Crippen LogP contribution in [0.3, 0.4) is 0 Å². The number of rotatable bonds is 5. The molecule has 0 aromatic carbocycles. The van der Waals surface area contributed by atoms with E-state index in [9.17, 15) is 9.59 Å². The van der Waals surface area contributed by atoms with E-state index in [4.69, 9.17) is 0 Å².